The monoisotopic (exact) mass is 254 g/mol. The number of nitrogens with zero attached hydrogens (tertiary/aromatic N) is 1. The van der Waals surface area contributed by atoms with Gasteiger partial charge in [-0.25, -0.2) is 4.79 Å². The fourth-order valence-corrected chi connectivity index (χ4v) is 1.28. The first-order valence-corrected chi connectivity index (χ1v) is 5.32. The molecule has 2 N–H and O–H groups in total. The van der Waals surface area contributed by atoms with Gasteiger partial charge in [0.25, 0.3) is 5.56 Å². The number of hydrogen-bond acceptors (Lipinski definition) is 4. The molecule has 1 aromatic rings. The fourth-order valence-electron chi connectivity index (χ4n) is 1.28. The number of carbonyl (C=O) groups is 2. The lowest BCUT2D eigenvalue weighted by molar-refractivity contribution is -0.143. The smallest absolute Gasteiger partial charge is 0.329 e. The summed E-state index contributed by atoms with van der Waals surface area (Å²) >= 11 is 0. The lowest BCUT2D eigenvalue weighted by Gasteiger charge is -2.07. The van der Waals surface area contributed by atoms with Gasteiger partial charge in [0, 0.05) is 18.8 Å². The number of aromatic nitrogens is 1. The Hall–Kier alpha value is -2.15. The van der Waals surface area contributed by atoms with Gasteiger partial charge in [0.1, 0.15) is 13.2 Å². The molecule has 0 radical (unpaired) electrons. The number of carbonyl (C=O) groups excluding carboxylic acids is 1. The van der Waals surface area contributed by atoms with Gasteiger partial charge in [-0.1, -0.05) is 0 Å². The third-order valence-electron chi connectivity index (χ3n) is 2.07. The number of nitrogens with one attached hydrogen (secondary N) is 1. The first-order valence-electron chi connectivity index (χ1n) is 5.32. The zero-order valence-electron chi connectivity index (χ0n) is 9.88. The molecule has 0 spiro atoms. The van der Waals surface area contributed by atoms with E-state index in [0.29, 0.717) is 12.2 Å². The minimum atomic E-state index is -1.14. The zero-order valence-corrected chi connectivity index (χ0v) is 9.88. The van der Waals surface area contributed by atoms with Crippen LogP contribution in [0.15, 0.2) is 23.1 Å². The van der Waals surface area contributed by atoms with Gasteiger partial charge in [0.05, 0.1) is 5.69 Å². The van der Waals surface area contributed by atoms with Gasteiger partial charge >= 0.3 is 5.97 Å². The van der Waals surface area contributed by atoms with E-state index in [9.17, 15) is 14.4 Å². The first-order chi connectivity index (χ1) is 8.52. The molecule has 1 aromatic heterocycles. The van der Waals surface area contributed by atoms with Crippen molar-refractivity contribution in [2.75, 3.05) is 18.5 Å². The van der Waals surface area contributed by atoms with Crippen LogP contribution in [0.1, 0.15) is 6.92 Å². The molecular weight excluding hydrogens is 240 g/mol. The fraction of sp³-hybridized carbons (Fsp3) is 0.364. The lowest BCUT2D eigenvalue weighted by atomic mass is 10.4. The maximum Gasteiger partial charge on any atom is 0.329 e. The molecule has 0 aliphatic carbocycles. The molecule has 0 aliphatic heterocycles. The van der Waals surface area contributed by atoms with Crippen LogP contribution in [-0.4, -0.2) is 34.8 Å². The molecule has 0 bridgehead atoms. The third kappa shape index (κ3) is 4.38. The molecular formula is C11H14N2O5. The molecule has 7 nitrogen and oxygen atoms in total. The zero-order chi connectivity index (χ0) is 13.5. The average Bonchev–Trinajstić information content (AvgIpc) is 2.31. The highest BCUT2D eigenvalue weighted by Crippen LogP contribution is 2.02. The number of carboxylic acids is 1. The van der Waals surface area contributed by atoms with Crippen LogP contribution in [0, 0.1) is 0 Å². The third-order valence-corrected chi connectivity index (χ3v) is 2.07. The van der Waals surface area contributed by atoms with Crippen molar-refractivity contribution in [2.24, 2.45) is 0 Å². The second-order valence-corrected chi connectivity index (χ2v) is 3.48. The van der Waals surface area contributed by atoms with Crippen LogP contribution in [0.3, 0.4) is 0 Å². The highest BCUT2D eigenvalue weighted by atomic mass is 16.5. The van der Waals surface area contributed by atoms with E-state index in [1.54, 1.807) is 0 Å². The van der Waals surface area contributed by atoms with Crippen molar-refractivity contribution < 1.29 is 19.4 Å². The molecule has 18 heavy (non-hydrogen) atoms. The number of hydrogen-bond donors (Lipinski definition) is 2. The number of rotatable bonds is 6. The predicted molar refractivity (Wildman–Crippen MR) is 63.5 cm³/mol. The van der Waals surface area contributed by atoms with Crippen LogP contribution in [0.25, 0.3) is 0 Å². The second-order valence-electron chi connectivity index (χ2n) is 3.48. The van der Waals surface area contributed by atoms with Crippen molar-refractivity contribution in [3.8, 4) is 0 Å². The van der Waals surface area contributed by atoms with E-state index in [1.807, 2.05) is 6.92 Å². The van der Waals surface area contributed by atoms with Crippen molar-refractivity contribution in [1.82, 2.24) is 4.57 Å². The molecule has 98 valence electrons. The Balaban J connectivity index is 2.54. The minimum absolute atomic E-state index is 0.155. The highest BCUT2D eigenvalue weighted by molar-refractivity contribution is 5.91. The normalized spacial score (nSPS) is 10.1. The minimum Gasteiger partial charge on any atom is -0.480 e. The molecule has 0 saturated carbocycles. The second kappa shape index (κ2) is 6.55. The Labute approximate surface area is 103 Å². The van der Waals surface area contributed by atoms with Crippen molar-refractivity contribution in [3.63, 3.8) is 0 Å². The number of aliphatic carboxylic acids is 1. The van der Waals surface area contributed by atoms with Crippen LogP contribution in [0.2, 0.25) is 0 Å². The molecule has 0 aromatic carbocycles. The van der Waals surface area contributed by atoms with Gasteiger partial charge in [-0.2, -0.15) is 0 Å². The van der Waals surface area contributed by atoms with E-state index in [4.69, 9.17) is 5.11 Å². The molecule has 0 atom stereocenters. The van der Waals surface area contributed by atoms with E-state index in [0.717, 1.165) is 0 Å². The van der Waals surface area contributed by atoms with Gasteiger partial charge in [-0.05, 0) is 13.0 Å². The number of ether oxygens (including phenoxy) is 1. The molecule has 1 amide bonds. The van der Waals surface area contributed by atoms with Gasteiger partial charge in [-0.3, -0.25) is 9.59 Å². The van der Waals surface area contributed by atoms with Crippen LogP contribution in [0.4, 0.5) is 5.69 Å². The number of amides is 1. The van der Waals surface area contributed by atoms with Crippen molar-refractivity contribution in [3.05, 3.63) is 28.7 Å². The topological polar surface area (TPSA) is 97.6 Å². The summed E-state index contributed by atoms with van der Waals surface area (Å²) in [4.78, 5) is 32.8. The molecule has 1 heterocycles. The molecule has 0 aliphatic rings. The highest BCUT2D eigenvalue weighted by Gasteiger charge is 2.05. The Bertz CT molecular complexity index is 494. The number of aryl methyl sites for hydroxylation is 1. The molecule has 7 heteroatoms. The molecule has 0 fully saturated rings. The van der Waals surface area contributed by atoms with Crippen molar-refractivity contribution in [1.29, 1.82) is 0 Å². The largest absolute Gasteiger partial charge is 0.480 e. The first kappa shape index (κ1) is 13.9. The van der Waals surface area contributed by atoms with E-state index in [-0.39, 0.29) is 12.2 Å². The number of anilines is 1. The van der Waals surface area contributed by atoms with Crippen molar-refractivity contribution in [2.45, 2.75) is 13.5 Å². The lowest BCUT2D eigenvalue weighted by Crippen LogP contribution is -2.23. The molecule has 0 unspecified atom stereocenters. The van der Waals surface area contributed by atoms with Gasteiger partial charge in [-0.15, -0.1) is 0 Å². The summed E-state index contributed by atoms with van der Waals surface area (Å²) in [5.74, 6) is -1.61. The van der Waals surface area contributed by atoms with Crippen LogP contribution < -0.4 is 10.9 Å². The standard InChI is InChI=1S/C11H14N2O5/c1-2-13-5-8(3-4-10(13)15)12-9(14)6-18-7-11(16)17/h3-5H,2,6-7H2,1H3,(H,12,14)(H,16,17). The maximum absolute atomic E-state index is 11.4. The van der Waals surface area contributed by atoms with E-state index in [1.165, 1.54) is 22.9 Å². The summed E-state index contributed by atoms with van der Waals surface area (Å²) in [7, 11) is 0. The summed E-state index contributed by atoms with van der Waals surface area (Å²) in [5, 5.41) is 10.8. The van der Waals surface area contributed by atoms with E-state index >= 15 is 0 Å². The Morgan fingerprint density at radius 3 is 2.72 bits per heavy atom. The van der Waals surface area contributed by atoms with Crippen LogP contribution in [-0.2, 0) is 20.9 Å². The Morgan fingerprint density at radius 1 is 1.39 bits per heavy atom. The number of carboxylic acid groups (broad SMARTS) is 1. The van der Waals surface area contributed by atoms with E-state index < -0.39 is 18.5 Å². The number of pyridine rings is 1. The molecule has 0 saturated heterocycles. The summed E-state index contributed by atoms with van der Waals surface area (Å²) in [6.45, 7) is 1.43. The Kier molecular flexibility index (Phi) is 5.06. The maximum atomic E-state index is 11.4. The van der Waals surface area contributed by atoms with Gasteiger partial charge in [0.15, 0.2) is 0 Å². The van der Waals surface area contributed by atoms with Crippen LogP contribution in [0.5, 0.6) is 0 Å². The predicted octanol–water partition coefficient (Wildman–Crippen LogP) is -0.0921. The van der Waals surface area contributed by atoms with Gasteiger partial charge < -0.3 is 19.7 Å². The Morgan fingerprint density at radius 2 is 2.11 bits per heavy atom. The average molecular weight is 254 g/mol. The molecule has 1 rings (SSSR count). The summed E-state index contributed by atoms with van der Waals surface area (Å²) in [6, 6.07) is 2.82. The van der Waals surface area contributed by atoms with Crippen molar-refractivity contribution >= 4 is 17.6 Å². The van der Waals surface area contributed by atoms with Gasteiger partial charge in [0.2, 0.25) is 5.91 Å². The quantitative estimate of drug-likeness (QED) is 0.739. The summed E-state index contributed by atoms with van der Waals surface area (Å²) < 4.78 is 6.07. The van der Waals surface area contributed by atoms with E-state index in [2.05, 4.69) is 10.1 Å². The van der Waals surface area contributed by atoms with Crippen LogP contribution >= 0.6 is 0 Å². The SMILES string of the molecule is CCn1cc(NC(=O)COCC(=O)O)ccc1=O. The summed E-state index contributed by atoms with van der Waals surface area (Å²) in [5.41, 5.74) is 0.304. The summed E-state index contributed by atoms with van der Waals surface area (Å²) in [6.07, 6.45) is 1.51.